The third kappa shape index (κ3) is 4.01. The molecule has 1 saturated heterocycles. The third-order valence-corrected chi connectivity index (χ3v) is 3.88. The molecule has 1 heterocycles. The number of amides is 2. The molecule has 0 aliphatic carbocycles. The number of benzene rings is 1. The van der Waals surface area contributed by atoms with E-state index in [-0.39, 0.29) is 6.03 Å². The van der Waals surface area contributed by atoms with E-state index in [1.165, 1.54) is 0 Å². The van der Waals surface area contributed by atoms with Gasteiger partial charge in [-0.15, -0.1) is 0 Å². The lowest BCUT2D eigenvalue weighted by Crippen LogP contribution is -2.51. The third-order valence-electron chi connectivity index (χ3n) is 3.45. The van der Waals surface area contributed by atoms with E-state index in [2.05, 4.69) is 24.1 Å². The summed E-state index contributed by atoms with van der Waals surface area (Å²) < 4.78 is 0. The first kappa shape index (κ1) is 15.4. The molecule has 1 fully saturated rings. The van der Waals surface area contributed by atoms with E-state index in [1.807, 2.05) is 4.90 Å². The van der Waals surface area contributed by atoms with Gasteiger partial charge in [0.15, 0.2) is 0 Å². The molecular formula is C14H19Cl2N3O. The first-order valence-electron chi connectivity index (χ1n) is 6.72. The Kier molecular flexibility index (Phi) is 5.13. The highest BCUT2D eigenvalue weighted by Gasteiger charge is 2.22. The Morgan fingerprint density at radius 1 is 1.10 bits per heavy atom. The van der Waals surface area contributed by atoms with Crippen molar-refractivity contribution in [3.63, 3.8) is 0 Å². The van der Waals surface area contributed by atoms with E-state index in [9.17, 15) is 4.79 Å². The number of anilines is 1. The molecule has 1 aliphatic rings. The molecule has 0 spiro atoms. The van der Waals surface area contributed by atoms with Crippen LogP contribution >= 0.6 is 23.2 Å². The highest BCUT2D eigenvalue weighted by molar-refractivity contribution is 6.35. The Hall–Kier alpha value is -0.970. The van der Waals surface area contributed by atoms with Crippen LogP contribution in [0.3, 0.4) is 0 Å². The molecule has 4 nitrogen and oxygen atoms in total. The van der Waals surface area contributed by atoms with Crippen LogP contribution in [0, 0.1) is 0 Å². The van der Waals surface area contributed by atoms with Crippen LogP contribution in [0.5, 0.6) is 0 Å². The molecule has 0 atom stereocenters. The van der Waals surface area contributed by atoms with Gasteiger partial charge in [0.05, 0.1) is 0 Å². The number of hydrogen-bond donors (Lipinski definition) is 1. The van der Waals surface area contributed by atoms with Gasteiger partial charge in [-0.05, 0) is 32.0 Å². The fourth-order valence-electron chi connectivity index (χ4n) is 2.27. The predicted octanol–water partition coefficient (Wildman–Crippen LogP) is 3.55. The number of piperazine rings is 1. The van der Waals surface area contributed by atoms with Gasteiger partial charge in [-0.1, -0.05) is 23.2 Å². The van der Waals surface area contributed by atoms with Crippen molar-refractivity contribution >= 4 is 34.9 Å². The normalized spacial score (nSPS) is 16.6. The molecule has 0 saturated carbocycles. The number of carbonyl (C=O) groups is 1. The molecule has 1 aliphatic heterocycles. The van der Waals surface area contributed by atoms with Crippen LogP contribution in [0.2, 0.25) is 10.0 Å². The van der Waals surface area contributed by atoms with Gasteiger partial charge in [0.25, 0.3) is 0 Å². The van der Waals surface area contributed by atoms with Crippen LogP contribution in [0.15, 0.2) is 18.2 Å². The van der Waals surface area contributed by atoms with Crippen molar-refractivity contribution in [2.75, 3.05) is 31.5 Å². The number of rotatable bonds is 2. The molecule has 20 heavy (non-hydrogen) atoms. The number of halogens is 2. The molecule has 6 heteroatoms. The van der Waals surface area contributed by atoms with Crippen LogP contribution in [0.4, 0.5) is 10.5 Å². The zero-order chi connectivity index (χ0) is 14.7. The summed E-state index contributed by atoms with van der Waals surface area (Å²) in [7, 11) is 0. The number of carbonyl (C=O) groups excluding carboxylic acids is 1. The topological polar surface area (TPSA) is 35.6 Å². The minimum atomic E-state index is -0.105. The average molecular weight is 316 g/mol. The summed E-state index contributed by atoms with van der Waals surface area (Å²) >= 11 is 11.8. The summed E-state index contributed by atoms with van der Waals surface area (Å²) in [5.41, 5.74) is 0.624. The van der Waals surface area contributed by atoms with Gasteiger partial charge >= 0.3 is 6.03 Å². The zero-order valence-electron chi connectivity index (χ0n) is 11.7. The second-order valence-corrected chi connectivity index (χ2v) is 6.08. The molecule has 1 aromatic carbocycles. The van der Waals surface area contributed by atoms with E-state index in [0.29, 0.717) is 21.8 Å². The standard InChI is InChI=1S/C14H19Cl2N3O/c1-10(2)18-3-5-19(6-4-18)14(20)17-13-8-11(15)7-12(16)9-13/h7-10H,3-6H2,1-2H3,(H,17,20). The van der Waals surface area contributed by atoms with Crippen molar-refractivity contribution in [2.24, 2.45) is 0 Å². The predicted molar refractivity (Wildman–Crippen MR) is 83.8 cm³/mol. The van der Waals surface area contributed by atoms with Gasteiger partial charge in [0.1, 0.15) is 0 Å². The summed E-state index contributed by atoms with van der Waals surface area (Å²) in [6, 6.07) is 5.43. The molecular weight excluding hydrogens is 297 g/mol. The van der Waals surface area contributed by atoms with Gasteiger partial charge in [0, 0.05) is 48.0 Å². The van der Waals surface area contributed by atoms with Crippen LogP contribution in [-0.4, -0.2) is 48.1 Å². The second-order valence-electron chi connectivity index (χ2n) is 5.21. The fraction of sp³-hybridized carbons (Fsp3) is 0.500. The maximum absolute atomic E-state index is 12.2. The Morgan fingerprint density at radius 2 is 1.65 bits per heavy atom. The van der Waals surface area contributed by atoms with Crippen LogP contribution in [0.1, 0.15) is 13.8 Å². The van der Waals surface area contributed by atoms with Crippen LogP contribution in [0.25, 0.3) is 0 Å². The van der Waals surface area contributed by atoms with Crippen molar-refractivity contribution in [3.05, 3.63) is 28.2 Å². The van der Waals surface area contributed by atoms with Gasteiger partial charge in [-0.3, -0.25) is 4.90 Å². The van der Waals surface area contributed by atoms with Gasteiger partial charge < -0.3 is 10.2 Å². The molecule has 0 bridgehead atoms. The first-order valence-corrected chi connectivity index (χ1v) is 7.47. The summed E-state index contributed by atoms with van der Waals surface area (Å²) in [6.45, 7) is 7.62. The van der Waals surface area contributed by atoms with Gasteiger partial charge in [-0.25, -0.2) is 4.79 Å². The average Bonchev–Trinajstić information content (AvgIpc) is 2.37. The molecule has 1 aromatic rings. The molecule has 0 unspecified atom stereocenters. The van der Waals surface area contributed by atoms with Crippen LogP contribution < -0.4 is 5.32 Å². The van der Waals surface area contributed by atoms with Gasteiger partial charge in [0.2, 0.25) is 0 Å². The lowest BCUT2D eigenvalue weighted by atomic mass is 10.2. The van der Waals surface area contributed by atoms with Crippen molar-refractivity contribution in [3.8, 4) is 0 Å². The minimum absolute atomic E-state index is 0.105. The second kappa shape index (κ2) is 6.66. The lowest BCUT2D eigenvalue weighted by Gasteiger charge is -2.36. The largest absolute Gasteiger partial charge is 0.322 e. The SMILES string of the molecule is CC(C)N1CCN(C(=O)Nc2cc(Cl)cc(Cl)c2)CC1. The molecule has 1 N–H and O–H groups in total. The fourth-order valence-corrected chi connectivity index (χ4v) is 2.80. The summed E-state index contributed by atoms with van der Waals surface area (Å²) in [5.74, 6) is 0. The maximum Gasteiger partial charge on any atom is 0.321 e. The Morgan fingerprint density at radius 3 is 2.15 bits per heavy atom. The smallest absolute Gasteiger partial charge is 0.321 e. The monoisotopic (exact) mass is 315 g/mol. The number of urea groups is 1. The van der Waals surface area contributed by atoms with E-state index in [1.54, 1.807) is 18.2 Å². The first-order chi connectivity index (χ1) is 9.45. The van der Waals surface area contributed by atoms with E-state index >= 15 is 0 Å². The van der Waals surface area contributed by atoms with Crippen molar-refractivity contribution in [1.82, 2.24) is 9.80 Å². The van der Waals surface area contributed by atoms with Crippen LogP contribution in [-0.2, 0) is 0 Å². The van der Waals surface area contributed by atoms with E-state index < -0.39 is 0 Å². The van der Waals surface area contributed by atoms with Crippen molar-refractivity contribution in [2.45, 2.75) is 19.9 Å². The summed E-state index contributed by atoms with van der Waals surface area (Å²) in [6.07, 6.45) is 0. The quantitative estimate of drug-likeness (QED) is 0.906. The molecule has 0 aromatic heterocycles. The Bertz CT molecular complexity index is 465. The van der Waals surface area contributed by atoms with E-state index in [0.717, 1.165) is 26.2 Å². The number of nitrogens with zero attached hydrogens (tertiary/aromatic N) is 2. The zero-order valence-corrected chi connectivity index (χ0v) is 13.2. The maximum atomic E-state index is 12.2. The Balaban J connectivity index is 1.92. The van der Waals surface area contributed by atoms with Gasteiger partial charge in [-0.2, -0.15) is 0 Å². The van der Waals surface area contributed by atoms with E-state index in [4.69, 9.17) is 23.2 Å². The number of nitrogens with one attached hydrogen (secondary N) is 1. The highest BCUT2D eigenvalue weighted by atomic mass is 35.5. The molecule has 2 amide bonds. The summed E-state index contributed by atoms with van der Waals surface area (Å²) in [4.78, 5) is 16.4. The highest BCUT2D eigenvalue weighted by Crippen LogP contribution is 2.22. The molecule has 110 valence electrons. The Labute approximate surface area is 129 Å². The van der Waals surface area contributed by atoms with Crippen molar-refractivity contribution < 1.29 is 4.79 Å². The molecule has 2 rings (SSSR count). The molecule has 0 radical (unpaired) electrons. The lowest BCUT2D eigenvalue weighted by molar-refractivity contribution is 0.125. The number of hydrogen-bond acceptors (Lipinski definition) is 2. The minimum Gasteiger partial charge on any atom is -0.322 e. The van der Waals surface area contributed by atoms with Crippen molar-refractivity contribution in [1.29, 1.82) is 0 Å². The summed E-state index contributed by atoms with van der Waals surface area (Å²) in [5, 5.41) is 3.86.